The Morgan fingerprint density at radius 1 is 1.50 bits per heavy atom. The summed E-state index contributed by atoms with van der Waals surface area (Å²) >= 11 is 0. The number of ether oxygens (including phenoxy) is 1. The van der Waals surface area contributed by atoms with Crippen LogP contribution in [0.1, 0.15) is 19.3 Å². The zero-order valence-corrected chi connectivity index (χ0v) is 9.12. The lowest BCUT2D eigenvalue weighted by molar-refractivity contribution is -0.143. The predicted molar refractivity (Wildman–Crippen MR) is 54.4 cm³/mol. The number of unbranched alkanes of at least 4 members (excludes halogenated alkanes) is 1. The summed E-state index contributed by atoms with van der Waals surface area (Å²) in [6.45, 7) is 0.730. The molecule has 1 atom stereocenters. The van der Waals surface area contributed by atoms with Gasteiger partial charge >= 0.3 is 5.97 Å². The molecule has 0 unspecified atom stereocenters. The first-order chi connectivity index (χ1) is 6.76. The minimum Gasteiger partial charge on any atom is -0.468 e. The van der Waals surface area contributed by atoms with Gasteiger partial charge in [0.15, 0.2) is 0 Å². The minimum atomic E-state index is -0.204. The van der Waals surface area contributed by atoms with Crippen molar-refractivity contribution in [2.75, 3.05) is 27.7 Å². The summed E-state index contributed by atoms with van der Waals surface area (Å²) in [7, 11) is 4.82. The van der Waals surface area contributed by atoms with Gasteiger partial charge in [0.1, 0.15) is 6.04 Å². The normalized spacial score (nSPS) is 13.1. The number of hydrogen-bond donors (Lipinski definition) is 1. The summed E-state index contributed by atoms with van der Waals surface area (Å²) in [5.41, 5.74) is 0. The van der Waals surface area contributed by atoms with Crippen molar-refractivity contribution in [2.24, 2.45) is 10.2 Å². The molecule has 0 aliphatic carbocycles. The van der Waals surface area contributed by atoms with E-state index in [-0.39, 0.29) is 12.0 Å². The molecule has 14 heavy (non-hydrogen) atoms. The topological polar surface area (TPSA) is 63.0 Å². The van der Waals surface area contributed by atoms with Gasteiger partial charge in [0.25, 0.3) is 0 Å². The first-order valence-corrected chi connectivity index (χ1v) is 4.77. The molecule has 82 valence electrons. The van der Waals surface area contributed by atoms with E-state index < -0.39 is 0 Å². The number of nitrogens with zero attached hydrogens (tertiary/aromatic N) is 2. The molecule has 0 spiro atoms. The van der Waals surface area contributed by atoms with Gasteiger partial charge in [-0.25, -0.2) is 0 Å². The quantitative estimate of drug-likeness (QED) is 0.379. The highest BCUT2D eigenvalue weighted by Gasteiger charge is 2.15. The Morgan fingerprint density at radius 3 is 2.71 bits per heavy atom. The van der Waals surface area contributed by atoms with Crippen molar-refractivity contribution in [2.45, 2.75) is 25.3 Å². The number of nitrogens with one attached hydrogen (secondary N) is 1. The van der Waals surface area contributed by atoms with Crippen LogP contribution < -0.4 is 5.32 Å². The summed E-state index contributed by atoms with van der Waals surface area (Å²) < 4.78 is 4.64. The van der Waals surface area contributed by atoms with Crippen LogP contribution in [0.5, 0.6) is 0 Å². The molecular weight excluding hydrogens is 182 g/mol. The second-order valence-electron chi connectivity index (χ2n) is 2.93. The third-order valence-electron chi connectivity index (χ3n) is 1.98. The van der Waals surface area contributed by atoms with E-state index in [1.54, 1.807) is 14.1 Å². The van der Waals surface area contributed by atoms with Crippen molar-refractivity contribution in [1.29, 1.82) is 0 Å². The molecule has 0 saturated carbocycles. The van der Waals surface area contributed by atoms with E-state index in [0.29, 0.717) is 0 Å². The zero-order chi connectivity index (χ0) is 10.8. The van der Waals surface area contributed by atoms with Gasteiger partial charge in [-0.2, -0.15) is 10.2 Å². The highest BCUT2D eigenvalue weighted by molar-refractivity contribution is 5.75. The minimum absolute atomic E-state index is 0.196. The number of azo groups is 1. The first-order valence-electron chi connectivity index (χ1n) is 4.77. The average molecular weight is 201 g/mol. The number of esters is 1. The lowest BCUT2D eigenvalue weighted by atomic mass is 10.1. The molecule has 5 nitrogen and oxygen atoms in total. The maximum Gasteiger partial charge on any atom is 0.322 e. The molecule has 0 rings (SSSR count). The van der Waals surface area contributed by atoms with Gasteiger partial charge in [0.2, 0.25) is 0 Å². The molecule has 0 bridgehead atoms. The van der Waals surface area contributed by atoms with E-state index in [0.717, 1.165) is 25.8 Å². The van der Waals surface area contributed by atoms with Gasteiger partial charge in [-0.1, -0.05) is 0 Å². The molecule has 1 N–H and O–H groups in total. The summed E-state index contributed by atoms with van der Waals surface area (Å²) in [6.07, 6.45) is 2.68. The molecule has 0 aromatic carbocycles. The molecule has 0 amide bonds. The first kappa shape index (κ1) is 13.0. The standard InChI is InChI=1S/C9H19N3O2/c1-10-8(9(13)14-3)6-4-5-7-12-11-2/h8,10H,4-7H2,1-3H3/t8-/m0/s1. The van der Waals surface area contributed by atoms with Gasteiger partial charge in [0, 0.05) is 7.05 Å². The van der Waals surface area contributed by atoms with Crippen LogP contribution in [0.25, 0.3) is 0 Å². The highest BCUT2D eigenvalue weighted by Crippen LogP contribution is 2.02. The molecule has 0 radical (unpaired) electrons. The van der Waals surface area contributed by atoms with Crippen molar-refractivity contribution >= 4 is 5.97 Å². The molecule has 0 aliphatic heterocycles. The fourth-order valence-electron chi connectivity index (χ4n) is 1.15. The van der Waals surface area contributed by atoms with E-state index in [9.17, 15) is 4.79 Å². The van der Waals surface area contributed by atoms with Crippen molar-refractivity contribution in [1.82, 2.24) is 5.32 Å². The lowest BCUT2D eigenvalue weighted by Gasteiger charge is -2.12. The van der Waals surface area contributed by atoms with Crippen LogP contribution in [0.3, 0.4) is 0 Å². The molecule has 0 aliphatic rings. The highest BCUT2D eigenvalue weighted by atomic mass is 16.5. The predicted octanol–water partition coefficient (Wildman–Crippen LogP) is 1.000. The lowest BCUT2D eigenvalue weighted by Crippen LogP contribution is -2.34. The van der Waals surface area contributed by atoms with Gasteiger partial charge in [-0.3, -0.25) is 4.79 Å². The maximum atomic E-state index is 11.1. The monoisotopic (exact) mass is 201 g/mol. The number of likely N-dealkylation sites (N-methyl/N-ethyl adjacent to an activating group) is 1. The van der Waals surface area contributed by atoms with Crippen LogP contribution in [0, 0.1) is 0 Å². The van der Waals surface area contributed by atoms with Gasteiger partial charge in [-0.15, -0.1) is 0 Å². The van der Waals surface area contributed by atoms with Crippen LogP contribution in [-0.4, -0.2) is 39.8 Å². The number of carbonyl (C=O) groups excluding carboxylic acids is 1. The van der Waals surface area contributed by atoms with Gasteiger partial charge in [0.05, 0.1) is 13.7 Å². The Hall–Kier alpha value is -0.970. The third-order valence-corrected chi connectivity index (χ3v) is 1.98. The Balaban J connectivity index is 3.57. The van der Waals surface area contributed by atoms with E-state index >= 15 is 0 Å². The Labute approximate surface area is 84.9 Å². The van der Waals surface area contributed by atoms with Crippen molar-refractivity contribution in [3.05, 3.63) is 0 Å². The van der Waals surface area contributed by atoms with E-state index in [1.165, 1.54) is 7.11 Å². The van der Waals surface area contributed by atoms with Gasteiger partial charge in [-0.05, 0) is 26.3 Å². The number of rotatable bonds is 7. The largest absolute Gasteiger partial charge is 0.468 e. The summed E-state index contributed by atoms with van der Waals surface area (Å²) in [6, 6.07) is -0.196. The summed E-state index contributed by atoms with van der Waals surface area (Å²) in [4.78, 5) is 11.1. The van der Waals surface area contributed by atoms with Crippen LogP contribution in [0.2, 0.25) is 0 Å². The smallest absolute Gasteiger partial charge is 0.322 e. The SMILES string of the molecule is CN=NCCCC[C@H](NC)C(=O)OC. The van der Waals surface area contributed by atoms with Crippen molar-refractivity contribution < 1.29 is 9.53 Å². The fourth-order valence-corrected chi connectivity index (χ4v) is 1.15. The maximum absolute atomic E-state index is 11.1. The number of methoxy groups -OCH3 is 1. The fraction of sp³-hybridized carbons (Fsp3) is 0.889. The molecular formula is C9H19N3O2. The average Bonchev–Trinajstić information content (AvgIpc) is 2.22. The van der Waals surface area contributed by atoms with E-state index in [2.05, 4.69) is 20.3 Å². The van der Waals surface area contributed by atoms with E-state index in [4.69, 9.17) is 0 Å². The Bertz CT molecular complexity index is 183. The molecule has 0 aromatic heterocycles. The van der Waals surface area contributed by atoms with Crippen LogP contribution >= 0.6 is 0 Å². The molecule has 0 saturated heterocycles. The molecule has 5 heteroatoms. The zero-order valence-electron chi connectivity index (χ0n) is 9.12. The number of carbonyl (C=O) groups is 1. The summed E-state index contributed by atoms with van der Waals surface area (Å²) in [5, 5.41) is 10.4. The van der Waals surface area contributed by atoms with Crippen LogP contribution in [0.4, 0.5) is 0 Å². The Morgan fingerprint density at radius 2 is 2.21 bits per heavy atom. The summed E-state index contributed by atoms with van der Waals surface area (Å²) in [5.74, 6) is -0.204. The molecule has 0 fully saturated rings. The van der Waals surface area contributed by atoms with Crippen molar-refractivity contribution in [3.63, 3.8) is 0 Å². The van der Waals surface area contributed by atoms with Crippen molar-refractivity contribution in [3.8, 4) is 0 Å². The van der Waals surface area contributed by atoms with Crippen LogP contribution in [0.15, 0.2) is 10.2 Å². The third kappa shape index (κ3) is 5.64. The second-order valence-corrected chi connectivity index (χ2v) is 2.93. The molecule has 0 aromatic rings. The number of hydrogen-bond acceptors (Lipinski definition) is 5. The van der Waals surface area contributed by atoms with E-state index in [1.807, 2.05) is 0 Å². The van der Waals surface area contributed by atoms with Crippen LogP contribution in [-0.2, 0) is 9.53 Å². The second kappa shape index (κ2) is 8.62. The Kier molecular flexibility index (Phi) is 8.02. The molecule has 0 heterocycles. The van der Waals surface area contributed by atoms with Gasteiger partial charge < -0.3 is 10.1 Å².